The van der Waals surface area contributed by atoms with E-state index < -0.39 is 46.8 Å². The van der Waals surface area contributed by atoms with Gasteiger partial charge in [0.15, 0.2) is 23.3 Å². The molecule has 0 atom stereocenters. The number of rotatable bonds is 5. The Morgan fingerprint density at radius 1 is 1.07 bits per heavy atom. The molecule has 0 saturated heterocycles. The molecule has 0 aliphatic rings. The first-order valence-electron chi connectivity index (χ1n) is 7.99. The molecular formula is C19H12F4N2O3. The molecule has 0 aliphatic heterocycles. The summed E-state index contributed by atoms with van der Waals surface area (Å²) in [7, 11) is 0. The van der Waals surface area contributed by atoms with Crippen LogP contribution in [0.5, 0.6) is 0 Å². The second-order valence-corrected chi connectivity index (χ2v) is 5.83. The lowest BCUT2D eigenvalue weighted by Gasteiger charge is -2.08. The first-order valence-corrected chi connectivity index (χ1v) is 7.99. The number of carbonyl (C=O) groups is 1. The molecule has 144 valence electrons. The number of aromatic nitrogens is 2. The van der Waals surface area contributed by atoms with Gasteiger partial charge in [-0.15, -0.1) is 0 Å². The standard InChI is InChI=1S/C19H12F4N2O3/c20-13-8-14(21)18(23)12(17(13)22)6-3-7-25-19(28)11-5-2-1-4-10(11)15(24-25)9-16(26)27/h1-6,8H,7,9H2,(H,26,27). The maximum atomic E-state index is 13.7. The quantitative estimate of drug-likeness (QED) is 0.534. The van der Waals surface area contributed by atoms with Gasteiger partial charge in [-0.2, -0.15) is 5.10 Å². The lowest BCUT2D eigenvalue weighted by Crippen LogP contribution is -2.25. The van der Waals surface area contributed by atoms with Crippen LogP contribution in [0.4, 0.5) is 17.6 Å². The van der Waals surface area contributed by atoms with Gasteiger partial charge in [0.05, 0.1) is 29.6 Å². The highest BCUT2D eigenvalue weighted by atomic mass is 19.2. The lowest BCUT2D eigenvalue weighted by atomic mass is 10.1. The van der Waals surface area contributed by atoms with Gasteiger partial charge in [-0.25, -0.2) is 22.2 Å². The van der Waals surface area contributed by atoms with Crippen LogP contribution in [0.25, 0.3) is 16.8 Å². The fraction of sp³-hybridized carbons (Fsp3) is 0.105. The summed E-state index contributed by atoms with van der Waals surface area (Å²) >= 11 is 0. The third-order valence-electron chi connectivity index (χ3n) is 3.97. The Morgan fingerprint density at radius 2 is 1.68 bits per heavy atom. The number of hydrogen-bond donors (Lipinski definition) is 1. The van der Waals surface area contributed by atoms with E-state index in [4.69, 9.17) is 5.11 Å². The minimum Gasteiger partial charge on any atom is -0.481 e. The van der Waals surface area contributed by atoms with Gasteiger partial charge in [0.25, 0.3) is 5.56 Å². The number of nitrogens with zero attached hydrogens (tertiary/aromatic N) is 2. The summed E-state index contributed by atoms with van der Waals surface area (Å²) in [4.78, 5) is 23.6. The van der Waals surface area contributed by atoms with Gasteiger partial charge in [0.1, 0.15) is 0 Å². The van der Waals surface area contributed by atoms with E-state index in [0.29, 0.717) is 5.39 Å². The van der Waals surface area contributed by atoms with Crippen LogP contribution in [0.2, 0.25) is 0 Å². The molecule has 28 heavy (non-hydrogen) atoms. The van der Waals surface area contributed by atoms with Gasteiger partial charge in [-0.3, -0.25) is 9.59 Å². The van der Waals surface area contributed by atoms with Crippen molar-refractivity contribution in [1.29, 1.82) is 0 Å². The van der Waals surface area contributed by atoms with Crippen molar-refractivity contribution in [3.8, 4) is 0 Å². The molecule has 0 fully saturated rings. The Labute approximate surface area is 155 Å². The van der Waals surface area contributed by atoms with Gasteiger partial charge in [0.2, 0.25) is 0 Å². The fourth-order valence-corrected chi connectivity index (χ4v) is 2.71. The predicted octanol–water partition coefficient (Wildman–Crippen LogP) is 3.29. The minimum absolute atomic E-state index is 0.0928. The number of benzene rings is 2. The normalized spacial score (nSPS) is 11.4. The van der Waals surface area contributed by atoms with Crippen LogP contribution in [0.1, 0.15) is 11.3 Å². The van der Waals surface area contributed by atoms with Crippen molar-refractivity contribution in [3.05, 3.63) is 81.3 Å². The molecule has 0 aliphatic carbocycles. The van der Waals surface area contributed by atoms with Crippen molar-refractivity contribution in [2.75, 3.05) is 0 Å². The largest absolute Gasteiger partial charge is 0.481 e. The molecule has 0 spiro atoms. The number of fused-ring (bicyclic) bond motifs is 1. The second-order valence-electron chi connectivity index (χ2n) is 5.83. The number of hydrogen-bond acceptors (Lipinski definition) is 3. The van der Waals surface area contributed by atoms with Gasteiger partial charge in [-0.05, 0) is 6.07 Å². The van der Waals surface area contributed by atoms with Crippen LogP contribution in [-0.4, -0.2) is 20.9 Å². The first-order chi connectivity index (χ1) is 13.3. The zero-order chi connectivity index (χ0) is 20.4. The van der Waals surface area contributed by atoms with E-state index in [1.807, 2.05) is 0 Å². The summed E-state index contributed by atoms with van der Waals surface area (Å²) in [5.41, 5.74) is -1.36. The summed E-state index contributed by atoms with van der Waals surface area (Å²) in [5.74, 6) is -7.40. The molecule has 5 nitrogen and oxygen atoms in total. The SMILES string of the molecule is O=C(O)Cc1nn(CC=Cc2c(F)c(F)cc(F)c2F)c(=O)c2ccccc12. The van der Waals surface area contributed by atoms with E-state index >= 15 is 0 Å². The average Bonchev–Trinajstić information content (AvgIpc) is 2.66. The third kappa shape index (κ3) is 3.64. The number of carboxylic acid groups (broad SMARTS) is 1. The molecule has 0 radical (unpaired) electrons. The number of aliphatic carboxylic acids is 1. The topological polar surface area (TPSA) is 72.2 Å². The van der Waals surface area contributed by atoms with Crippen molar-refractivity contribution in [2.45, 2.75) is 13.0 Å². The van der Waals surface area contributed by atoms with E-state index in [-0.39, 0.29) is 23.7 Å². The molecule has 0 bridgehead atoms. The smallest absolute Gasteiger partial charge is 0.309 e. The Morgan fingerprint density at radius 3 is 2.29 bits per heavy atom. The molecule has 3 rings (SSSR count). The Balaban J connectivity index is 2.02. The highest BCUT2D eigenvalue weighted by Gasteiger charge is 2.17. The number of allylic oxidation sites excluding steroid dienone is 1. The molecule has 0 amide bonds. The van der Waals surface area contributed by atoms with E-state index in [1.54, 1.807) is 18.2 Å². The van der Waals surface area contributed by atoms with E-state index in [0.717, 1.165) is 16.8 Å². The molecule has 9 heteroatoms. The third-order valence-corrected chi connectivity index (χ3v) is 3.97. The molecule has 1 N–H and O–H groups in total. The maximum Gasteiger partial charge on any atom is 0.309 e. The summed E-state index contributed by atoms with van der Waals surface area (Å²) in [6.07, 6.45) is 1.44. The monoisotopic (exact) mass is 392 g/mol. The van der Waals surface area contributed by atoms with Crippen LogP contribution >= 0.6 is 0 Å². The van der Waals surface area contributed by atoms with Crippen LogP contribution in [-0.2, 0) is 17.8 Å². The first kappa shape index (κ1) is 19.3. The molecule has 3 aromatic rings. The van der Waals surface area contributed by atoms with E-state index in [1.165, 1.54) is 6.07 Å². The average molecular weight is 392 g/mol. The van der Waals surface area contributed by atoms with E-state index in [2.05, 4.69) is 5.10 Å². The van der Waals surface area contributed by atoms with Crippen molar-refractivity contribution >= 4 is 22.8 Å². The Hall–Kier alpha value is -3.49. The second kappa shape index (κ2) is 7.63. The number of halogens is 4. The summed E-state index contributed by atoms with van der Waals surface area (Å²) < 4.78 is 54.8. The molecule has 2 aromatic carbocycles. The molecular weight excluding hydrogens is 380 g/mol. The fourth-order valence-electron chi connectivity index (χ4n) is 2.71. The van der Waals surface area contributed by atoms with E-state index in [9.17, 15) is 27.2 Å². The van der Waals surface area contributed by atoms with Crippen LogP contribution in [0, 0.1) is 23.3 Å². The van der Waals surface area contributed by atoms with Gasteiger partial charge < -0.3 is 5.11 Å². The Bertz CT molecular complexity index is 1150. The molecule has 1 aromatic heterocycles. The number of carboxylic acids is 1. The van der Waals surface area contributed by atoms with Crippen LogP contribution in [0.3, 0.4) is 0 Å². The molecule has 0 saturated carbocycles. The zero-order valence-corrected chi connectivity index (χ0v) is 14.1. The zero-order valence-electron chi connectivity index (χ0n) is 14.1. The van der Waals surface area contributed by atoms with Crippen molar-refractivity contribution in [1.82, 2.24) is 9.78 Å². The van der Waals surface area contributed by atoms with Crippen molar-refractivity contribution in [3.63, 3.8) is 0 Å². The van der Waals surface area contributed by atoms with Crippen molar-refractivity contribution < 1.29 is 27.5 Å². The summed E-state index contributed by atoms with van der Waals surface area (Å²) in [5, 5.41) is 13.6. The van der Waals surface area contributed by atoms with Gasteiger partial charge in [0, 0.05) is 11.5 Å². The van der Waals surface area contributed by atoms with Crippen LogP contribution < -0.4 is 5.56 Å². The summed E-state index contributed by atoms with van der Waals surface area (Å²) in [6, 6.07) is 6.36. The predicted molar refractivity (Wildman–Crippen MR) is 92.7 cm³/mol. The van der Waals surface area contributed by atoms with Gasteiger partial charge >= 0.3 is 5.97 Å². The molecule has 0 unspecified atom stereocenters. The van der Waals surface area contributed by atoms with Crippen LogP contribution in [0.15, 0.2) is 41.2 Å². The van der Waals surface area contributed by atoms with Crippen molar-refractivity contribution in [2.24, 2.45) is 0 Å². The van der Waals surface area contributed by atoms with Gasteiger partial charge in [-0.1, -0.05) is 30.4 Å². The summed E-state index contributed by atoms with van der Waals surface area (Å²) in [6.45, 7) is -0.298. The highest BCUT2D eigenvalue weighted by molar-refractivity contribution is 5.86. The minimum atomic E-state index is -1.57. The highest BCUT2D eigenvalue weighted by Crippen LogP contribution is 2.20. The molecule has 1 heterocycles. The maximum absolute atomic E-state index is 13.7. The Kier molecular flexibility index (Phi) is 5.25. The lowest BCUT2D eigenvalue weighted by molar-refractivity contribution is -0.136.